The van der Waals surface area contributed by atoms with Gasteiger partial charge in [0.2, 0.25) is 0 Å². The first kappa shape index (κ1) is 11.8. The van der Waals surface area contributed by atoms with Crippen LogP contribution in [0.25, 0.3) is 0 Å². The first-order valence-corrected chi connectivity index (χ1v) is 2.53. The van der Waals surface area contributed by atoms with Gasteiger partial charge in [-0.1, -0.05) is 6.58 Å². The van der Waals surface area contributed by atoms with E-state index in [1.165, 1.54) is 6.92 Å². The predicted octanol–water partition coefficient (Wildman–Crippen LogP) is 1.53. The number of hydrogen-bond donors (Lipinski definition) is 0. The molecule has 0 saturated heterocycles. The van der Waals surface area contributed by atoms with E-state index in [-0.39, 0.29) is 5.57 Å². The summed E-state index contributed by atoms with van der Waals surface area (Å²) in [5.41, 5.74) is 0.112. The molecular weight excluding hydrogens is 411 g/mol. The number of rotatable bonds is 3. The minimum absolute atomic E-state index is 0. The molecular formula is C6H7F2O2Sg-. The smallest absolute Gasteiger partial charge is 0.330 e. The van der Waals surface area contributed by atoms with Crippen LogP contribution in [0.1, 0.15) is 6.92 Å². The van der Waals surface area contributed by atoms with Crippen LogP contribution in [0.5, 0.6) is 0 Å². The van der Waals surface area contributed by atoms with E-state index in [2.05, 4.69) is 11.3 Å². The third kappa shape index (κ3) is 5.95. The average Bonchev–Trinajstić information content (AvgIpc) is 1.82. The number of halogens is 2. The van der Waals surface area contributed by atoms with E-state index in [0.717, 1.165) is 0 Å². The van der Waals surface area contributed by atoms with Crippen molar-refractivity contribution in [1.29, 1.82) is 0 Å². The normalized spacial score (nSPS) is 8.73. The van der Waals surface area contributed by atoms with Crippen LogP contribution < -0.4 is 0 Å². The number of esters is 1. The first-order valence-electron chi connectivity index (χ1n) is 2.53. The average molecular weight is 418 g/mol. The third-order valence-electron chi connectivity index (χ3n) is 0.661. The largest absolute Gasteiger partial charge is 0.490 e. The molecule has 0 aromatic rings. The Kier molecular flexibility index (Phi) is 5.27. The Labute approximate surface area is 57.5 Å². The van der Waals surface area contributed by atoms with Gasteiger partial charge in [0, 0.05) is 18.6 Å². The molecule has 0 spiro atoms. The van der Waals surface area contributed by atoms with Crippen molar-refractivity contribution in [3.05, 3.63) is 18.6 Å². The minimum Gasteiger partial charge on any atom is -0.490 e. The van der Waals surface area contributed by atoms with Crippen molar-refractivity contribution in [2.45, 2.75) is 6.92 Å². The van der Waals surface area contributed by atoms with Crippen LogP contribution in [0.4, 0.5) is 8.78 Å². The fourth-order valence-corrected chi connectivity index (χ4v) is 0.243. The summed E-state index contributed by atoms with van der Waals surface area (Å²) in [6.45, 7) is 3.65. The topological polar surface area (TPSA) is 26.3 Å². The zero-order valence-electron chi connectivity index (χ0n) is 6.19. The summed E-state index contributed by atoms with van der Waals surface area (Å²) in [4.78, 5) is 10.4. The first-order chi connectivity index (χ1) is 4.54. The summed E-state index contributed by atoms with van der Waals surface area (Å²) in [6.07, 6.45) is -1.92. The van der Waals surface area contributed by atoms with Gasteiger partial charge in [-0.25, -0.2) is 4.79 Å². The molecule has 11 heavy (non-hydrogen) atoms. The van der Waals surface area contributed by atoms with Gasteiger partial charge in [0.05, 0.1) is 0 Å². The van der Waals surface area contributed by atoms with Crippen molar-refractivity contribution in [1.82, 2.24) is 0 Å². The number of hydrogen-bond acceptors (Lipinski definition) is 2. The van der Waals surface area contributed by atoms with Crippen LogP contribution in [0.15, 0.2) is 12.2 Å². The second kappa shape index (κ2) is 4.90. The van der Waals surface area contributed by atoms with Crippen molar-refractivity contribution >= 4 is 5.97 Å². The molecule has 60 valence electrons. The van der Waals surface area contributed by atoms with Gasteiger partial charge in [0.1, 0.15) is 0 Å². The van der Waals surface area contributed by atoms with Crippen LogP contribution in [0.3, 0.4) is 0 Å². The molecule has 0 fully saturated rings. The van der Waals surface area contributed by atoms with Gasteiger partial charge >= 0.3 is 5.97 Å². The monoisotopic (exact) mass is 420 g/mol. The van der Waals surface area contributed by atoms with Crippen LogP contribution in [0, 0.1) is 6.43 Å². The Hall–Kier alpha value is -1.93. The summed E-state index contributed by atoms with van der Waals surface area (Å²) in [5, 5.41) is 0. The Morgan fingerprint density at radius 2 is 2.09 bits per heavy atom. The van der Waals surface area contributed by atoms with Crippen molar-refractivity contribution in [2.75, 3.05) is 6.61 Å². The van der Waals surface area contributed by atoms with Gasteiger partial charge in [0.25, 0.3) is 0 Å². The van der Waals surface area contributed by atoms with E-state index in [0.29, 0.717) is 0 Å². The Balaban J connectivity index is 0. The Morgan fingerprint density at radius 3 is 2.36 bits per heavy atom. The third-order valence-corrected chi connectivity index (χ3v) is 0.661. The van der Waals surface area contributed by atoms with Crippen LogP contribution >= 0.6 is 0 Å². The second-order valence-corrected chi connectivity index (χ2v) is 1.70. The minimum atomic E-state index is -1.92. The summed E-state index contributed by atoms with van der Waals surface area (Å²) >= 11 is 0. The SMILES string of the molecule is C=C(C)C(=O)OC[C-](F)F.[Sg]. The molecule has 0 rings (SSSR count). The molecule has 0 unspecified atom stereocenters. The van der Waals surface area contributed by atoms with Gasteiger partial charge in [-0.2, -0.15) is 0 Å². The zero-order valence-corrected chi connectivity index (χ0v) is 12.7. The molecule has 0 bridgehead atoms. The van der Waals surface area contributed by atoms with Gasteiger partial charge < -0.3 is 13.5 Å². The molecule has 0 amide bonds. The van der Waals surface area contributed by atoms with Crippen molar-refractivity contribution in [3.8, 4) is 0 Å². The number of carbonyl (C=O) groups is 1. The fraction of sp³-hybridized carbons (Fsp3) is 0.333. The summed E-state index contributed by atoms with van der Waals surface area (Å²) in [5.74, 6) is -0.798. The summed E-state index contributed by atoms with van der Waals surface area (Å²) in [7, 11) is 0. The van der Waals surface area contributed by atoms with E-state index < -0.39 is 19.0 Å². The van der Waals surface area contributed by atoms with Crippen LogP contribution in [0.2, 0.25) is 0 Å². The van der Waals surface area contributed by atoms with Crippen LogP contribution in [-0.2, 0) is 9.53 Å². The molecule has 0 radical (unpaired) electrons. The maximum atomic E-state index is 11.3. The number of carbonyl (C=O) groups excluding carboxylic acids is 1. The molecule has 0 aliphatic carbocycles. The molecule has 0 aromatic heterocycles. The number of ether oxygens (including phenoxy) is 1. The van der Waals surface area contributed by atoms with E-state index in [4.69, 9.17) is 0 Å². The molecule has 0 aromatic carbocycles. The quantitative estimate of drug-likeness (QED) is 0.395. The van der Waals surface area contributed by atoms with E-state index in [1.807, 2.05) is 0 Å². The Bertz CT molecular complexity index is 148. The maximum absolute atomic E-state index is 11.3. The Morgan fingerprint density at radius 1 is 1.64 bits per heavy atom. The predicted molar refractivity (Wildman–Crippen MR) is 31.2 cm³/mol. The van der Waals surface area contributed by atoms with Crippen molar-refractivity contribution < 1.29 is 18.3 Å². The molecule has 0 saturated carbocycles. The summed E-state index contributed by atoms with van der Waals surface area (Å²) in [6, 6.07) is 0. The molecule has 0 aliphatic rings. The molecule has 0 aliphatic heterocycles. The molecule has 5 heteroatoms. The van der Waals surface area contributed by atoms with E-state index in [9.17, 15) is 13.6 Å². The van der Waals surface area contributed by atoms with E-state index in [1.54, 1.807) is 0 Å². The van der Waals surface area contributed by atoms with E-state index >= 15 is 0 Å². The van der Waals surface area contributed by atoms with Gasteiger partial charge in [0.15, 0.2) is 0 Å². The standard InChI is InChI=1S/C6H7F2O2.Sg/c1-4(2)6(9)10-3-5(7)8;/h1,3H2,2H3;/q-1;. The summed E-state index contributed by atoms with van der Waals surface area (Å²) < 4.78 is 26.6. The maximum Gasteiger partial charge on any atom is 0.330 e. The fourth-order valence-electron chi connectivity index (χ4n) is 0.243. The molecule has 2 nitrogen and oxygen atoms in total. The molecule has 0 atom stereocenters. The second-order valence-electron chi connectivity index (χ2n) is 1.70. The van der Waals surface area contributed by atoms with Gasteiger partial charge in [-0.05, 0) is 6.92 Å². The van der Waals surface area contributed by atoms with Gasteiger partial charge in [-0.3, -0.25) is 0 Å². The van der Waals surface area contributed by atoms with Gasteiger partial charge in [-0.15, -0.1) is 0 Å². The van der Waals surface area contributed by atoms with Crippen molar-refractivity contribution in [2.24, 2.45) is 0 Å². The molecule has 0 N–H and O–H groups in total. The molecule has 0 heterocycles. The van der Waals surface area contributed by atoms with Crippen molar-refractivity contribution in [3.63, 3.8) is 0 Å². The zero-order chi connectivity index (χ0) is 8.15. The van der Waals surface area contributed by atoms with Crippen LogP contribution in [-0.4, -0.2) is 12.6 Å².